The number of carbonyl (C=O) groups excluding carboxylic acids is 1. The fourth-order valence-electron chi connectivity index (χ4n) is 4.04. The first-order valence-corrected chi connectivity index (χ1v) is 8.25. The van der Waals surface area contributed by atoms with Crippen LogP contribution in [0.1, 0.15) is 46.0 Å². The van der Waals surface area contributed by atoms with Crippen molar-refractivity contribution in [2.75, 3.05) is 20.3 Å². The summed E-state index contributed by atoms with van der Waals surface area (Å²) in [5, 5.41) is 3.19. The minimum absolute atomic E-state index is 0.00673. The molecule has 0 aromatic rings. The van der Waals surface area contributed by atoms with Crippen LogP contribution >= 0.6 is 0 Å². The van der Waals surface area contributed by atoms with Gasteiger partial charge in [0.05, 0.1) is 12.1 Å². The van der Waals surface area contributed by atoms with Crippen molar-refractivity contribution in [3.8, 4) is 0 Å². The second kappa shape index (κ2) is 7.07. The Kier molecular flexibility index (Phi) is 5.63. The number of rotatable bonds is 6. The van der Waals surface area contributed by atoms with Gasteiger partial charge in [0, 0.05) is 31.8 Å². The number of methoxy groups -OCH3 is 1. The van der Waals surface area contributed by atoms with E-state index in [2.05, 4.69) is 19.2 Å². The number of hydrogen-bond acceptors (Lipinski definition) is 4. The van der Waals surface area contributed by atoms with E-state index in [9.17, 15) is 4.79 Å². The summed E-state index contributed by atoms with van der Waals surface area (Å²) in [5.41, 5.74) is 6.23. The first-order chi connectivity index (χ1) is 10.1. The molecule has 0 spiro atoms. The highest BCUT2D eigenvalue weighted by atomic mass is 16.5. The molecule has 1 saturated carbocycles. The van der Waals surface area contributed by atoms with Gasteiger partial charge in [-0.1, -0.05) is 13.8 Å². The minimum atomic E-state index is -0.415. The van der Waals surface area contributed by atoms with Crippen molar-refractivity contribution in [3.63, 3.8) is 0 Å². The van der Waals surface area contributed by atoms with Crippen LogP contribution in [0.5, 0.6) is 0 Å². The second-order valence-corrected chi connectivity index (χ2v) is 6.44. The maximum absolute atomic E-state index is 12.4. The Morgan fingerprint density at radius 2 is 2.00 bits per heavy atom. The van der Waals surface area contributed by atoms with Gasteiger partial charge in [0.15, 0.2) is 0 Å². The van der Waals surface area contributed by atoms with Crippen molar-refractivity contribution in [2.45, 2.75) is 64.1 Å². The number of ether oxygens (including phenoxy) is 2. The van der Waals surface area contributed by atoms with Crippen LogP contribution in [-0.4, -0.2) is 44.4 Å². The standard InChI is InChI=1S/C16H30N2O3/c1-4-16(5-2)12(10-13(16)20-3)18-15(19)14(17)11-6-8-21-9-7-11/h11-14H,4-10,17H2,1-3H3,(H,18,19). The van der Waals surface area contributed by atoms with E-state index < -0.39 is 6.04 Å². The lowest BCUT2D eigenvalue weighted by Gasteiger charge is -2.55. The number of nitrogens with one attached hydrogen (secondary N) is 1. The molecule has 0 aromatic carbocycles. The van der Waals surface area contributed by atoms with E-state index in [4.69, 9.17) is 15.2 Å². The molecular formula is C16H30N2O3. The summed E-state index contributed by atoms with van der Waals surface area (Å²) in [6.45, 7) is 5.78. The molecule has 5 heteroatoms. The average Bonchev–Trinajstić information content (AvgIpc) is 2.52. The fraction of sp³-hybridized carbons (Fsp3) is 0.938. The van der Waals surface area contributed by atoms with Crippen LogP contribution in [0.15, 0.2) is 0 Å². The molecule has 3 N–H and O–H groups in total. The summed E-state index contributed by atoms with van der Waals surface area (Å²) in [6, 6.07) is -0.224. The van der Waals surface area contributed by atoms with Gasteiger partial charge in [0.25, 0.3) is 0 Å². The maximum atomic E-state index is 12.4. The molecule has 1 heterocycles. The van der Waals surface area contributed by atoms with Crippen molar-refractivity contribution in [1.29, 1.82) is 0 Å². The zero-order valence-electron chi connectivity index (χ0n) is 13.6. The molecule has 0 aromatic heterocycles. The van der Waals surface area contributed by atoms with E-state index in [0.29, 0.717) is 13.2 Å². The second-order valence-electron chi connectivity index (χ2n) is 6.44. The highest BCUT2D eigenvalue weighted by molar-refractivity contribution is 5.82. The number of amides is 1. The fourth-order valence-corrected chi connectivity index (χ4v) is 4.04. The summed E-state index contributed by atoms with van der Waals surface area (Å²) >= 11 is 0. The maximum Gasteiger partial charge on any atom is 0.237 e. The van der Waals surface area contributed by atoms with Crippen molar-refractivity contribution < 1.29 is 14.3 Å². The molecule has 1 aliphatic carbocycles. The van der Waals surface area contributed by atoms with Crippen LogP contribution in [0.3, 0.4) is 0 Å². The third-order valence-corrected chi connectivity index (χ3v) is 5.78. The Morgan fingerprint density at radius 3 is 2.52 bits per heavy atom. The Balaban J connectivity index is 1.93. The van der Waals surface area contributed by atoms with Crippen LogP contribution < -0.4 is 11.1 Å². The zero-order chi connectivity index (χ0) is 15.5. The molecule has 1 saturated heterocycles. The van der Waals surface area contributed by atoms with Gasteiger partial charge in [-0.25, -0.2) is 0 Å². The molecular weight excluding hydrogens is 268 g/mol. The van der Waals surface area contributed by atoms with E-state index in [-0.39, 0.29) is 29.4 Å². The van der Waals surface area contributed by atoms with Gasteiger partial charge < -0.3 is 20.5 Å². The first-order valence-electron chi connectivity index (χ1n) is 8.25. The summed E-state index contributed by atoms with van der Waals surface area (Å²) < 4.78 is 10.9. The number of nitrogens with two attached hydrogens (primary N) is 1. The molecule has 5 nitrogen and oxygen atoms in total. The van der Waals surface area contributed by atoms with Crippen LogP contribution in [0.4, 0.5) is 0 Å². The highest BCUT2D eigenvalue weighted by Gasteiger charge is 2.53. The smallest absolute Gasteiger partial charge is 0.237 e. The molecule has 3 atom stereocenters. The number of carbonyl (C=O) groups is 1. The predicted octanol–water partition coefficient (Wildman–Crippen LogP) is 1.45. The van der Waals surface area contributed by atoms with Crippen molar-refractivity contribution in [2.24, 2.45) is 17.1 Å². The molecule has 1 aliphatic heterocycles. The average molecular weight is 298 g/mol. The summed E-state index contributed by atoms with van der Waals surface area (Å²) in [7, 11) is 1.76. The lowest BCUT2D eigenvalue weighted by atomic mass is 9.58. The van der Waals surface area contributed by atoms with Crippen molar-refractivity contribution >= 4 is 5.91 Å². The lowest BCUT2D eigenvalue weighted by Crippen LogP contribution is -2.66. The third-order valence-electron chi connectivity index (χ3n) is 5.78. The van der Waals surface area contributed by atoms with Gasteiger partial charge in [-0.15, -0.1) is 0 Å². The Labute approximate surface area is 127 Å². The third kappa shape index (κ3) is 3.10. The minimum Gasteiger partial charge on any atom is -0.381 e. The molecule has 122 valence electrons. The summed E-state index contributed by atoms with van der Waals surface area (Å²) in [4.78, 5) is 12.4. The molecule has 0 radical (unpaired) electrons. The largest absolute Gasteiger partial charge is 0.381 e. The Hall–Kier alpha value is -0.650. The normalized spacial score (nSPS) is 30.5. The lowest BCUT2D eigenvalue weighted by molar-refractivity contribution is -0.143. The molecule has 21 heavy (non-hydrogen) atoms. The molecule has 2 fully saturated rings. The van der Waals surface area contributed by atoms with Gasteiger partial charge in [-0.2, -0.15) is 0 Å². The quantitative estimate of drug-likeness (QED) is 0.778. The molecule has 2 rings (SSSR count). The highest BCUT2D eigenvalue weighted by Crippen LogP contribution is 2.48. The molecule has 1 amide bonds. The Morgan fingerprint density at radius 1 is 1.38 bits per heavy atom. The molecule has 0 bridgehead atoms. The van der Waals surface area contributed by atoms with E-state index in [1.54, 1.807) is 7.11 Å². The monoisotopic (exact) mass is 298 g/mol. The Bertz CT molecular complexity index is 351. The zero-order valence-corrected chi connectivity index (χ0v) is 13.6. The van der Waals surface area contributed by atoms with E-state index in [1.165, 1.54) is 0 Å². The van der Waals surface area contributed by atoms with Gasteiger partial charge >= 0.3 is 0 Å². The van der Waals surface area contributed by atoms with Gasteiger partial charge in [0.2, 0.25) is 5.91 Å². The van der Waals surface area contributed by atoms with E-state index in [1.807, 2.05) is 0 Å². The van der Waals surface area contributed by atoms with Crippen molar-refractivity contribution in [3.05, 3.63) is 0 Å². The van der Waals surface area contributed by atoms with Gasteiger partial charge in [-0.05, 0) is 38.0 Å². The molecule has 2 aliphatic rings. The topological polar surface area (TPSA) is 73.6 Å². The van der Waals surface area contributed by atoms with Gasteiger partial charge in [-0.3, -0.25) is 4.79 Å². The SMILES string of the molecule is CCC1(CC)C(NC(=O)C(N)C2CCOCC2)CC1OC. The molecule has 3 unspecified atom stereocenters. The summed E-state index contributed by atoms with van der Waals surface area (Å²) in [5.74, 6) is 0.238. The van der Waals surface area contributed by atoms with Crippen LogP contribution in [0, 0.1) is 11.3 Å². The van der Waals surface area contributed by atoms with Crippen molar-refractivity contribution in [1.82, 2.24) is 5.32 Å². The van der Waals surface area contributed by atoms with E-state index in [0.717, 1.165) is 32.1 Å². The van der Waals surface area contributed by atoms with Gasteiger partial charge in [0.1, 0.15) is 0 Å². The summed E-state index contributed by atoms with van der Waals surface area (Å²) in [6.07, 6.45) is 4.93. The predicted molar refractivity (Wildman–Crippen MR) is 81.9 cm³/mol. The first kappa shape index (κ1) is 16.7. The van der Waals surface area contributed by atoms with Crippen LogP contribution in [-0.2, 0) is 14.3 Å². The van der Waals surface area contributed by atoms with Crippen LogP contribution in [0.2, 0.25) is 0 Å². The number of hydrogen-bond donors (Lipinski definition) is 2. The van der Waals surface area contributed by atoms with Crippen LogP contribution in [0.25, 0.3) is 0 Å². The van der Waals surface area contributed by atoms with E-state index >= 15 is 0 Å².